The van der Waals surface area contributed by atoms with Gasteiger partial charge in [0.05, 0.1) is 5.69 Å². The molecule has 9 heteroatoms. The molecule has 1 aliphatic carbocycles. The zero-order valence-electron chi connectivity index (χ0n) is 15.6. The van der Waals surface area contributed by atoms with Crippen LogP contribution in [-0.2, 0) is 6.54 Å². The van der Waals surface area contributed by atoms with Gasteiger partial charge in [-0.15, -0.1) is 24.0 Å². The number of rotatable bonds is 4. The van der Waals surface area contributed by atoms with Crippen LogP contribution in [0.15, 0.2) is 40.0 Å². The molecule has 1 saturated heterocycles. The van der Waals surface area contributed by atoms with Crippen molar-refractivity contribution in [3.05, 3.63) is 52.6 Å². The van der Waals surface area contributed by atoms with Crippen LogP contribution >= 0.6 is 35.6 Å². The van der Waals surface area contributed by atoms with Gasteiger partial charge in [-0.1, -0.05) is 22.8 Å². The van der Waals surface area contributed by atoms with E-state index in [1.807, 2.05) is 6.07 Å². The Kier molecular flexibility index (Phi) is 7.16. The minimum absolute atomic E-state index is 0. The lowest BCUT2D eigenvalue weighted by Gasteiger charge is -2.36. The predicted octanol–water partition coefficient (Wildman–Crippen LogP) is 3.33. The summed E-state index contributed by atoms with van der Waals surface area (Å²) in [5.74, 6) is 0.744. The first-order valence-electron chi connectivity index (χ1n) is 9.19. The summed E-state index contributed by atoms with van der Waals surface area (Å²) < 4.78 is 19.0. The third-order valence-corrected chi connectivity index (χ3v) is 5.57. The molecule has 1 aromatic heterocycles. The van der Waals surface area contributed by atoms with Gasteiger partial charge in [-0.25, -0.2) is 4.39 Å². The molecule has 0 amide bonds. The maximum Gasteiger partial charge on any atom is 0.193 e. The standard InChI is InChI=1S/C19H23ClFN5O.HI/c1-22-19(23-17-11-14(17)18-15(20)3-2-4-16(18)21)26-8-6-25(7-9-26)12-13-5-10-27-24-13;/h2-5,10,14,17H,6-9,11-12H2,1H3,(H,22,23);1H. The van der Waals surface area contributed by atoms with Crippen LogP contribution in [0.3, 0.4) is 0 Å². The van der Waals surface area contributed by atoms with Crippen LogP contribution in [0.5, 0.6) is 0 Å². The Morgan fingerprint density at radius 3 is 2.75 bits per heavy atom. The molecular weight excluding hydrogens is 496 g/mol. The Hall–Kier alpha value is -1.39. The van der Waals surface area contributed by atoms with E-state index in [2.05, 4.69) is 25.3 Å². The number of aliphatic imine (C=N–C) groups is 1. The number of hydrogen-bond donors (Lipinski definition) is 1. The number of guanidine groups is 1. The van der Waals surface area contributed by atoms with E-state index in [1.165, 1.54) is 6.07 Å². The fourth-order valence-corrected chi connectivity index (χ4v) is 3.97. The van der Waals surface area contributed by atoms with Crippen molar-refractivity contribution in [2.45, 2.75) is 24.9 Å². The lowest BCUT2D eigenvalue weighted by molar-refractivity contribution is 0.169. The van der Waals surface area contributed by atoms with E-state index < -0.39 is 0 Å². The zero-order chi connectivity index (χ0) is 18.8. The van der Waals surface area contributed by atoms with E-state index in [4.69, 9.17) is 16.1 Å². The van der Waals surface area contributed by atoms with Gasteiger partial charge < -0.3 is 14.7 Å². The van der Waals surface area contributed by atoms with Gasteiger partial charge in [0.15, 0.2) is 5.96 Å². The van der Waals surface area contributed by atoms with Crippen molar-refractivity contribution in [1.29, 1.82) is 0 Å². The predicted molar refractivity (Wildman–Crippen MR) is 118 cm³/mol. The van der Waals surface area contributed by atoms with Crippen LogP contribution < -0.4 is 5.32 Å². The van der Waals surface area contributed by atoms with Crippen LogP contribution in [0.25, 0.3) is 0 Å². The molecule has 28 heavy (non-hydrogen) atoms. The smallest absolute Gasteiger partial charge is 0.193 e. The monoisotopic (exact) mass is 519 g/mol. The number of nitrogens with zero attached hydrogens (tertiary/aromatic N) is 4. The Labute approximate surface area is 186 Å². The minimum Gasteiger partial charge on any atom is -0.364 e. The Bertz CT molecular complexity index is 790. The molecule has 1 aliphatic heterocycles. The second kappa shape index (κ2) is 9.41. The summed E-state index contributed by atoms with van der Waals surface area (Å²) in [5, 5.41) is 7.95. The molecule has 2 atom stereocenters. The fraction of sp³-hybridized carbons (Fsp3) is 0.474. The molecule has 2 fully saturated rings. The average molecular weight is 520 g/mol. The summed E-state index contributed by atoms with van der Waals surface area (Å²) in [5.41, 5.74) is 1.57. The molecule has 0 bridgehead atoms. The summed E-state index contributed by atoms with van der Waals surface area (Å²) in [4.78, 5) is 9.02. The molecule has 1 saturated carbocycles. The number of nitrogens with one attached hydrogen (secondary N) is 1. The van der Waals surface area contributed by atoms with Crippen molar-refractivity contribution in [3.63, 3.8) is 0 Å². The number of piperazine rings is 1. The number of hydrogen-bond acceptors (Lipinski definition) is 4. The highest BCUT2D eigenvalue weighted by atomic mass is 127. The van der Waals surface area contributed by atoms with E-state index in [-0.39, 0.29) is 41.8 Å². The maximum atomic E-state index is 14.1. The molecule has 2 unspecified atom stereocenters. The van der Waals surface area contributed by atoms with Gasteiger partial charge in [0.25, 0.3) is 0 Å². The topological polar surface area (TPSA) is 56.9 Å². The van der Waals surface area contributed by atoms with E-state index >= 15 is 0 Å². The molecule has 4 rings (SSSR count). The molecule has 152 valence electrons. The highest BCUT2D eigenvalue weighted by Gasteiger charge is 2.42. The summed E-state index contributed by atoms with van der Waals surface area (Å²) in [7, 11) is 1.79. The van der Waals surface area contributed by atoms with Gasteiger partial charge in [-0.2, -0.15) is 0 Å². The summed E-state index contributed by atoms with van der Waals surface area (Å²) in [6.45, 7) is 4.43. The van der Waals surface area contributed by atoms with Crippen LogP contribution in [0.1, 0.15) is 23.6 Å². The van der Waals surface area contributed by atoms with Crippen molar-refractivity contribution in [2.24, 2.45) is 4.99 Å². The first kappa shape index (κ1) is 21.3. The first-order valence-corrected chi connectivity index (χ1v) is 9.57. The Morgan fingerprint density at radius 1 is 1.32 bits per heavy atom. The highest BCUT2D eigenvalue weighted by molar-refractivity contribution is 14.0. The van der Waals surface area contributed by atoms with Gasteiger partial charge in [0, 0.05) is 68.4 Å². The minimum atomic E-state index is -0.228. The van der Waals surface area contributed by atoms with Gasteiger partial charge in [-0.05, 0) is 18.6 Å². The number of benzene rings is 1. The molecule has 6 nitrogen and oxygen atoms in total. The highest BCUT2D eigenvalue weighted by Crippen LogP contribution is 2.45. The fourth-order valence-electron chi connectivity index (χ4n) is 3.67. The Balaban J connectivity index is 0.00000225. The van der Waals surface area contributed by atoms with Crippen molar-refractivity contribution >= 4 is 41.5 Å². The van der Waals surface area contributed by atoms with Gasteiger partial charge in [-0.3, -0.25) is 9.89 Å². The van der Waals surface area contributed by atoms with Crippen LogP contribution in [-0.4, -0.2) is 60.2 Å². The first-order chi connectivity index (χ1) is 13.2. The molecule has 2 aromatic rings. The number of halogens is 3. The third-order valence-electron chi connectivity index (χ3n) is 5.24. The molecule has 0 radical (unpaired) electrons. The second-order valence-electron chi connectivity index (χ2n) is 7.03. The van der Waals surface area contributed by atoms with Crippen molar-refractivity contribution in [1.82, 2.24) is 20.3 Å². The molecule has 0 spiro atoms. The largest absolute Gasteiger partial charge is 0.364 e. The van der Waals surface area contributed by atoms with Crippen LogP contribution in [0.2, 0.25) is 5.02 Å². The van der Waals surface area contributed by atoms with Crippen molar-refractivity contribution in [2.75, 3.05) is 33.2 Å². The van der Waals surface area contributed by atoms with Crippen LogP contribution in [0.4, 0.5) is 4.39 Å². The van der Waals surface area contributed by atoms with Crippen LogP contribution in [0, 0.1) is 5.82 Å². The molecule has 1 N–H and O–H groups in total. The summed E-state index contributed by atoms with van der Waals surface area (Å²) in [6.07, 6.45) is 2.47. The van der Waals surface area contributed by atoms with Gasteiger partial charge >= 0.3 is 0 Å². The molecule has 2 aliphatic rings. The summed E-state index contributed by atoms with van der Waals surface area (Å²) in [6, 6.07) is 6.93. The lowest BCUT2D eigenvalue weighted by atomic mass is 10.1. The Morgan fingerprint density at radius 2 is 2.11 bits per heavy atom. The van der Waals surface area contributed by atoms with Gasteiger partial charge in [0.2, 0.25) is 0 Å². The van der Waals surface area contributed by atoms with E-state index in [1.54, 1.807) is 25.4 Å². The van der Waals surface area contributed by atoms with E-state index in [9.17, 15) is 4.39 Å². The lowest BCUT2D eigenvalue weighted by Crippen LogP contribution is -2.52. The SMILES string of the molecule is CN=C(NC1CC1c1c(F)cccc1Cl)N1CCN(Cc2ccon2)CC1.I. The maximum absolute atomic E-state index is 14.1. The van der Waals surface area contributed by atoms with Crippen molar-refractivity contribution < 1.29 is 8.91 Å². The normalized spacial score (nSPS) is 22.7. The zero-order valence-corrected chi connectivity index (χ0v) is 18.7. The number of aromatic nitrogens is 1. The third kappa shape index (κ3) is 4.77. The second-order valence-corrected chi connectivity index (χ2v) is 7.44. The quantitative estimate of drug-likeness (QED) is 0.382. The van der Waals surface area contributed by atoms with E-state index in [0.29, 0.717) is 10.6 Å². The molecular formula is C19H24ClFIN5O. The van der Waals surface area contributed by atoms with Gasteiger partial charge in [0.1, 0.15) is 12.1 Å². The average Bonchev–Trinajstić information content (AvgIpc) is 3.21. The van der Waals surface area contributed by atoms with Crippen molar-refractivity contribution in [3.8, 4) is 0 Å². The molecule has 1 aromatic carbocycles. The molecule has 2 heterocycles. The summed E-state index contributed by atoms with van der Waals surface area (Å²) >= 11 is 6.20. The van der Waals surface area contributed by atoms with E-state index in [0.717, 1.165) is 50.8 Å².